The van der Waals surface area contributed by atoms with E-state index in [0.29, 0.717) is 18.0 Å². The molecule has 0 radical (unpaired) electrons. The number of nitrogens with one attached hydrogen (secondary N) is 1. The van der Waals surface area contributed by atoms with E-state index in [-0.39, 0.29) is 18.3 Å². The largest absolute Gasteiger partial charge is 0.341 e. The summed E-state index contributed by atoms with van der Waals surface area (Å²) in [5.41, 5.74) is 0. The summed E-state index contributed by atoms with van der Waals surface area (Å²) in [7, 11) is 0. The number of nitrogens with zero attached hydrogens (tertiary/aromatic N) is 1. The van der Waals surface area contributed by atoms with Crippen molar-refractivity contribution in [1.82, 2.24) is 10.2 Å². The highest BCUT2D eigenvalue weighted by Gasteiger charge is 2.32. The molecule has 17 heavy (non-hydrogen) atoms. The van der Waals surface area contributed by atoms with Gasteiger partial charge in [0.05, 0.1) is 0 Å². The molecule has 2 bridgehead atoms. The van der Waals surface area contributed by atoms with Gasteiger partial charge in [-0.1, -0.05) is 20.3 Å². The molecule has 3 nitrogen and oxygen atoms in total. The number of amides is 1. The predicted octanol–water partition coefficient (Wildman–Crippen LogP) is 2.20. The molecule has 100 valence electrons. The lowest BCUT2D eigenvalue weighted by atomic mass is 10.0. The molecule has 1 amide bonds. The van der Waals surface area contributed by atoms with E-state index in [0.717, 1.165) is 32.4 Å². The molecule has 2 aliphatic rings. The molecule has 0 aliphatic carbocycles. The van der Waals surface area contributed by atoms with Gasteiger partial charge in [-0.2, -0.15) is 0 Å². The summed E-state index contributed by atoms with van der Waals surface area (Å²) in [6.07, 6.45) is 5.82. The third-order valence-corrected chi connectivity index (χ3v) is 3.98. The van der Waals surface area contributed by atoms with Crippen molar-refractivity contribution in [1.29, 1.82) is 0 Å². The van der Waals surface area contributed by atoms with Crippen molar-refractivity contribution in [3.63, 3.8) is 0 Å². The van der Waals surface area contributed by atoms with Gasteiger partial charge in [0.2, 0.25) is 5.91 Å². The Labute approximate surface area is 111 Å². The number of hydrogen-bond acceptors (Lipinski definition) is 2. The zero-order valence-corrected chi connectivity index (χ0v) is 11.8. The van der Waals surface area contributed by atoms with Gasteiger partial charge in [0, 0.05) is 31.1 Å². The monoisotopic (exact) mass is 260 g/mol. The second-order valence-corrected chi connectivity index (χ2v) is 5.40. The molecule has 0 saturated carbocycles. The summed E-state index contributed by atoms with van der Waals surface area (Å²) in [5, 5.41) is 3.61. The number of rotatable bonds is 3. The molecule has 2 aliphatic heterocycles. The molecule has 0 aromatic rings. The third-order valence-electron chi connectivity index (χ3n) is 3.98. The van der Waals surface area contributed by atoms with E-state index in [1.807, 2.05) is 0 Å². The fraction of sp³-hybridized carbons (Fsp3) is 0.923. The Balaban J connectivity index is 0.00000144. The average molecular weight is 261 g/mol. The average Bonchev–Trinajstić information content (AvgIpc) is 2.58. The highest BCUT2D eigenvalue weighted by Crippen LogP contribution is 2.22. The van der Waals surface area contributed by atoms with Gasteiger partial charge in [0.25, 0.3) is 0 Å². The Hall–Kier alpha value is -0.280. The molecule has 2 saturated heterocycles. The Kier molecular flexibility index (Phi) is 5.74. The van der Waals surface area contributed by atoms with Crippen LogP contribution in [0.2, 0.25) is 0 Å². The lowest BCUT2D eigenvalue weighted by molar-refractivity contribution is -0.135. The number of hydrogen-bond donors (Lipinski definition) is 1. The van der Waals surface area contributed by atoms with E-state index in [9.17, 15) is 4.79 Å². The van der Waals surface area contributed by atoms with Crippen LogP contribution in [-0.4, -0.2) is 36.0 Å². The fourth-order valence-corrected chi connectivity index (χ4v) is 3.01. The highest BCUT2D eigenvalue weighted by molar-refractivity contribution is 5.85. The molecule has 2 heterocycles. The lowest BCUT2D eigenvalue weighted by Crippen LogP contribution is -2.41. The van der Waals surface area contributed by atoms with E-state index in [1.54, 1.807) is 0 Å². The van der Waals surface area contributed by atoms with Gasteiger partial charge in [-0.05, 0) is 25.7 Å². The number of fused-ring (bicyclic) bond motifs is 2. The first-order valence-electron chi connectivity index (χ1n) is 6.75. The fourth-order valence-electron chi connectivity index (χ4n) is 3.01. The van der Waals surface area contributed by atoms with Crippen LogP contribution in [0.3, 0.4) is 0 Å². The molecule has 2 rings (SSSR count). The van der Waals surface area contributed by atoms with Crippen molar-refractivity contribution < 1.29 is 4.79 Å². The number of halogens is 1. The summed E-state index contributed by atoms with van der Waals surface area (Å²) in [6, 6.07) is 1.23. The maximum absolute atomic E-state index is 12.2. The first kappa shape index (κ1) is 14.8. The predicted molar refractivity (Wildman–Crippen MR) is 72.5 cm³/mol. The summed E-state index contributed by atoms with van der Waals surface area (Å²) in [4.78, 5) is 14.3. The van der Waals surface area contributed by atoms with E-state index >= 15 is 0 Å². The van der Waals surface area contributed by atoms with E-state index in [2.05, 4.69) is 24.1 Å². The van der Waals surface area contributed by atoms with Crippen molar-refractivity contribution in [2.24, 2.45) is 5.92 Å². The molecule has 0 spiro atoms. The Morgan fingerprint density at radius 3 is 2.76 bits per heavy atom. The summed E-state index contributed by atoms with van der Waals surface area (Å²) in [6.45, 7) is 6.11. The number of carbonyl (C=O) groups is 1. The van der Waals surface area contributed by atoms with Crippen LogP contribution in [0.15, 0.2) is 0 Å². The molecule has 4 heteroatoms. The van der Waals surface area contributed by atoms with Gasteiger partial charge >= 0.3 is 0 Å². The molecule has 1 N–H and O–H groups in total. The zero-order chi connectivity index (χ0) is 11.5. The second kappa shape index (κ2) is 6.60. The lowest BCUT2D eigenvalue weighted by Gasteiger charge is -2.27. The van der Waals surface area contributed by atoms with Crippen molar-refractivity contribution in [3.05, 3.63) is 0 Å². The van der Waals surface area contributed by atoms with Gasteiger partial charge in [-0.15, -0.1) is 12.4 Å². The van der Waals surface area contributed by atoms with Crippen molar-refractivity contribution in [2.45, 2.75) is 58.0 Å². The highest BCUT2D eigenvalue weighted by atomic mass is 35.5. The summed E-state index contributed by atoms with van der Waals surface area (Å²) >= 11 is 0. The van der Waals surface area contributed by atoms with E-state index < -0.39 is 0 Å². The van der Waals surface area contributed by atoms with Gasteiger partial charge < -0.3 is 10.2 Å². The SMILES string of the molecule is CCCC(C)C(=O)N1CCC2CCC(C1)N2.Cl. The third kappa shape index (κ3) is 3.59. The van der Waals surface area contributed by atoms with Crippen LogP contribution in [0.5, 0.6) is 0 Å². The summed E-state index contributed by atoms with van der Waals surface area (Å²) < 4.78 is 0. The molecular formula is C13H25ClN2O. The topological polar surface area (TPSA) is 32.3 Å². The minimum Gasteiger partial charge on any atom is -0.341 e. The van der Waals surface area contributed by atoms with Crippen molar-refractivity contribution in [3.8, 4) is 0 Å². The van der Waals surface area contributed by atoms with Crippen LogP contribution in [0.4, 0.5) is 0 Å². The quantitative estimate of drug-likeness (QED) is 0.844. The van der Waals surface area contributed by atoms with Crippen LogP contribution in [-0.2, 0) is 4.79 Å². The molecule has 2 fully saturated rings. The van der Waals surface area contributed by atoms with Crippen molar-refractivity contribution in [2.75, 3.05) is 13.1 Å². The van der Waals surface area contributed by atoms with Crippen LogP contribution in [0.25, 0.3) is 0 Å². The van der Waals surface area contributed by atoms with Crippen LogP contribution in [0, 0.1) is 5.92 Å². The molecule has 0 aromatic heterocycles. The van der Waals surface area contributed by atoms with E-state index in [4.69, 9.17) is 0 Å². The normalized spacial score (nSPS) is 29.4. The van der Waals surface area contributed by atoms with Gasteiger partial charge in [-0.25, -0.2) is 0 Å². The zero-order valence-electron chi connectivity index (χ0n) is 10.9. The van der Waals surface area contributed by atoms with Crippen molar-refractivity contribution >= 4 is 18.3 Å². The van der Waals surface area contributed by atoms with Crippen LogP contribution < -0.4 is 5.32 Å². The number of likely N-dealkylation sites (tertiary alicyclic amines) is 1. The second-order valence-electron chi connectivity index (χ2n) is 5.40. The van der Waals surface area contributed by atoms with Gasteiger partial charge in [0.1, 0.15) is 0 Å². The van der Waals surface area contributed by atoms with Gasteiger partial charge in [0.15, 0.2) is 0 Å². The Morgan fingerprint density at radius 1 is 1.35 bits per heavy atom. The molecule has 3 atom stereocenters. The molecule has 0 aromatic carbocycles. The Bertz CT molecular complexity index is 260. The van der Waals surface area contributed by atoms with Gasteiger partial charge in [-0.3, -0.25) is 4.79 Å². The first-order chi connectivity index (χ1) is 7.70. The standard InChI is InChI=1S/C13H24N2O.ClH/c1-3-4-10(2)13(16)15-8-7-11-5-6-12(9-15)14-11;/h10-12,14H,3-9H2,1-2H3;1H. The summed E-state index contributed by atoms with van der Waals surface area (Å²) in [5.74, 6) is 0.581. The molecular weight excluding hydrogens is 236 g/mol. The molecule has 3 unspecified atom stereocenters. The number of carbonyl (C=O) groups excluding carboxylic acids is 1. The maximum atomic E-state index is 12.2. The maximum Gasteiger partial charge on any atom is 0.225 e. The van der Waals surface area contributed by atoms with Crippen LogP contribution in [0.1, 0.15) is 46.0 Å². The minimum absolute atomic E-state index is 0. The van der Waals surface area contributed by atoms with Crippen LogP contribution >= 0.6 is 12.4 Å². The minimum atomic E-state index is 0. The Morgan fingerprint density at radius 2 is 2.06 bits per heavy atom. The smallest absolute Gasteiger partial charge is 0.225 e. The van der Waals surface area contributed by atoms with E-state index in [1.165, 1.54) is 12.8 Å². The first-order valence-corrected chi connectivity index (χ1v) is 6.75.